The lowest BCUT2D eigenvalue weighted by molar-refractivity contribution is -0.138. The highest BCUT2D eigenvalue weighted by atomic mass is 19.4. The molecule has 20 heavy (non-hydrogen) atoms. The van der Waals surface area contributed by atoms with Crippen LogP contribution < -0.4 is 5.32 Å². The van der Waals surface area contributed by atoms with Gasteiger partial charge in [-0.2, -0.15) is 13.2 Å². The van der Waals surface area contributed by atoms with Gasteiger partial charge in [0.2, 0.25) is 0 Å². The molecule has 0 bridgehead atoms. The minimum Gasteiger partial charge on any atom is -0.399 e. The third-order valence-corrected chi connectivity index (χ3v) is 2.29. The molecular weight excluding hydrogens is 275 g/mol. The minimum absolute atomic E-state index is 0.543. The molecule has 0 saturated heterocycles. The number of carbonyl (C=O) groups is 1. The van der Waals surface area contributed by atoms with E-state index in [1.807, 2.05) is 0 Å². The molecule has 0 saturated carbocycles. The van der Waals surface area contributed by atoms with Gasteiger partial charge in [0.25, 0.3) is 5.91 Å². The fourth-order valence-electron chi connectivity index (χ4n) is 1.40. The van der Waals surface area contributed by atoms with Crippen LogP contribution in [-0.2, 0) is 11.0 Å². The van der Waals surface area contributed by atoms with E-state index in [0.29, 0.717) is 0 Å². The molecule has 110 valence electrons. The number of oxime groups is 1. The molecule has 0 aliphatic heterocycles. The van der Waals surface area contributed by atoms with Crippen LogP contribution in [0.5, 0.6) is 0 Å². The second-order valence-electron chi connectivity index (χ2n) is 4.51. The second kappa shape index (κ2) is 5.89. The molecule has 5 nitrogen and oxygen atoms in total. The van der Waals surface area contributed by atoms with Crippen LogP contribution in [0.1, 0.15) is 29.8 Å². The van der Waals surface area contributed by atoms with Crippen molar-refractivity contribution in [3.8, 4) is 0 Å². The SMILES string of the molecule is CON=CC(C)(C)NC(=O)c1cnccc1C(F)(F)F. The Morgan fingerprint density at radius 1 is 1.45 bits per heavy atom. The molecule has 0 fully saturated rings. The molecule has 8 heteroatoms. The van der Waals surface area contributed by atoms with Gasteiger partial charge in [-0.3, -0.25) is 9.78 Å². The molecule has 1 amide bonds. The number of rotatable bonds is 4. The van der Waals surface area contributed by atoms with Crippen molar-refractivity contribution in [1.82, 2.24) is 10.3 Å². The van der Waals surface area contributed by atoms with Crippen molar-refractivity contribution in [2.24, 2.45) is 5.16 Å². The molecular formula is C12H14F3N3O2. The Kier molecular flexibility index (Phi) is 4.69. The van der Waals surface area contributed by atoms with E-state index in [9.17, 15) is 18.0 Å². The maximum atomic E-state index is 12.8. The highest BCUT2D eigenvalue weighted by Gasteiger charge is 2.36. The number of amides is 1. The monoisotopic (exact) mass is 289 g/mol. The van der Waals surface area contributed by atoms with Crippen LogP contribution in [0.2, 0.25) is 0 Å². The third-order valence-electron chi connectivity index (χ3n) is 2.29. The summed E-state index contributed by atoms with van der Waals surface area (Å²) >= 11 is 0. The van der Waals surface area contributed by atoms with Gasteiger partial charge in [-0.05, 0) is 19.9 Å². The van der Waals surface area contributed by atoms with Crippen LogP contribution >= 0.6 is 0 Å². The summed E-state index contributed by atoms with van der Waals surface area (Å²) in [5.74, 6) is -0.891. The van der Waals surface area contributed by atoms with E-state index in [4.69, 9.17) is 0 Å². The average Bonchev–Trinajstić information content (AvgIpc) is 2.35. The van der Waals surface area contributed by atoms with Crippen molar-refractivity contribution in [3.05, 3.63) is 29.6 Å². The van der Waals surface area contributed by atoms with Crippen molar-refractivity contribution >= 4 is 12.1 Å². The standard InChI is InChI=1S/C12H14F3N3O2/c1-11(2,7-17-20-3)18-10(19)8-6-16-5-4-9(8)12(13,14)15/h4-7H,1-3H3,(H,18,19). The predicted octanol–water partition coefficient (Wildman–Crippen LogP) is 2.24. The van der Waals surface area contributed by atoms with Gasteiger partial charge < -0.3 is 10.2 Å². The number of alkyl halides is 3. The number of carbonyl (C=O) groups excluding carboxylic acids is 1. The zero-order valence-electron chi connectivity index (χ0n) is 11.2. The molecule has 0 unspecified atom stereocenters. The fourth-order valence-corrected chi connectivity index (χ4v) is 1.40. The summed E-state index contributed by atoms with van der Waals surface area (Å²) in [4.78, 5) is 20.0. The Labute approximate surface area is 113 Å². The van der Waals surface area contributed by atoms with E-state index in [2.05, 4.69) is 20.3 Å². The Hall–Kier alpha value is -2.12. The van der Waals surface area contributed by atoms with Crippen LogP contribution in [-0.4, -0.2) is 29.8 Å². The van der Waals surface area contributed by atoms with Gasteiger partial charge in [0.1, 0.15) is 7.11 Å². The van der Waals surface area contributed by atoms with Gasteiger partial charge in [-0.25, -0.2) is 0 Å². The van der Waals surface area contributed by atoms with E-state index in [-0.39, 0.29) is 0 Å². The normalized spacial score (nSPS) is 12.5. The summed E-state index contributed by atoms with van der Waals surface area (Å²) in [5, 5.41) is 5.90. The first-order chi connectivity index (χ1) is 9.17. The smallest absolute Gasteiger partial charge is 0.399 e. The molecule has 0 atom stereocenters. The van der Waals surface area contributed by atoms with Crippen molar-refractivity contribution in [1.29, 1.82) is 0 Å². The maximum Gasteiger partial charge on any atom is 0.417 e. The van der Waals surface area contributed by atoms with E-state index in [1.165, 1.54) is 13.3 Å². The Balaban J connectivity index is 3.02. The average molecular weight is 289 g/mol. The van der Waals surface area contributed by atoms with Gasteiger partial charge >= 0.3 is 6.18 Å². The van der Waals surface area contributed by atoms with E-state index >= 15 is 0 Å². The zero-order valence-corrected chi connectivity index (χ0v) is 11.2. The fraction of sp³-hybridized carbons (Fsp3) is 0.417. The van der Waals surface area contributed by atoms with Gasteiger partial charge in [-0.15, -0.1) is 0 Å². The van der Waals surface area contributed by atoms with Crippen molar-refractivity contribution in [3.63, 3.8) is 0 Å². The van der Waals surface area contributed by atoms with E-state index < -0.39 is 28.7 Å². The summed E-state index contributed by atoms with van der Waals surface area (Å²) < 4.78 is 38.4. The van der Waals surface area contributed by atoms with E-state index in [0.717, 1.165) is 18.5 Å². The summed E-state index contributed by atoms with van der Waals surface area (Å²) in [5.41, 5.74) is -2.55. The molecule has 1 heterocycles. The van der Waals surface area contributed by atoms with Crippen molar-refractivity contribution < 1.29 is 22.8 Å². The molecule has 1 N–H and O–H groups in total. The van der Waals surface area contributed by atoms with Crippen LogP contribution in [0.4, 0.5) is 13.2 Å². The molecule has 0 radical (unpaired) electrons. The molecule has 1 aromatic heterocycles. The van der Waals surface area contributed by atoms with Crippen molar-refractivity contribution in [2.45, 2.75) is 25.6 Å². The maximum absolute atomic E-state index is 12.8. The van der Waals surface area contributed by atoms with Crippen LogP contribution in [0.15, 0.2) is 23.6 Å². The first-order valence-corrected chi connectivity index (χ1v) is 5.59. The summed E-state index contributed by atoms with van der Waals surface area (Å²) in [7, 11) is 1.32. The second-order valence-corrected chi connectivity index (χ2v) is 4.51. The highest BCUT2D eigenvalue weighted by Crippen LogP contribution is 2.31. The molecule has 0 spiro atoms. The van der Waals surface area contributed by atoms with Crippen LogP contribution in [0, 0.1) is 0 Å². The number of nitrogens with one attached hydrogen (secondary N) is 1. The lowest BCUT2D eigenvalue weighted by atomic mass is 10.0. The van der Waals surface area contributed by atoms with Gasteiger partial charge in [0.15, 0.2) is 0 Å². The van der Waals surface area contributed by atoms with Crippen LogP contribution in [0.3, 0.4) is 0 Å². The summed E-state index contributed by atoms with van der Waals surface area (Å²) in [6.45, 7) is 3.13. The summed E-state index contributed by atoms with van der Waals surface area (Å²) in [6, 6.07) is 0.755. The first-order valence-electron chi connectivity index (χ1n) is 5.59. The minimum atomic E-state index is -4.62. The third kappa shape index (κ3) is 4.22. The molecule has 1 aromatic rings. The molecule has 1 rings (SSSR count). The van der Waals surface area contributed by atoms with Crippen molar-refractivity contribution in [2.75, 3.05) is 7.11 Å². The number of aromatic nitrogens is 1. The van der Waals surface area contributed by atoms with Gasteiger partial charge in [-0.1, -0.05) is 5.16 Å². The number of hydrogen-bond acceptors (Lipinski definition) is 4. The Bertz CT molecular complexity index is 513. The molecule has 0 aliphatic carbocycles. The Morgan fingerprint density at radius 2 is 2.10 bits per heavy atom. The lowest BCUT2D eigenvalue weighted by Crippen LogP contribution is -2.45. The largest absolute Gasteiger partial charge is 0.417 e. The zero-order chi connectivity index (χ0) is 15.4. The number of hydrogen-bond donors (Lipinski definition) is 1. The quantitative estimate of drug-likeness (QED) is 0.683. The highest BCUT2D eigenvalue weighted by molar-refractivity contribution is 5.97. The number of pyridine rings is 1. The number of halogens is 3. The number of nitrogens with zero attached hydrogens (tertiary/aromatic N) is 2. The Morgan fingerprint density at radius 3 is 2.65 bits per heavy atom. The molecule has 0 aromatic carbocycles. The van der Waals surface area contributed by atoms with Gasteiger partial charge in [0.05, 0.1) is 22.9 Å². The summed E-state index contributed by atoms with van der Waals surface area (Å²) in [6.07, 6.45) is -1.49. The first kappa shape index (κ1) is 15.9. The van der Waals surface area contributed by atoms with Crippen LogP contribution in [0.25, 0.3) is 0 Å². The topological polar surface area (TPSA) is 63.6 Å². The van der Waals surface area contributed by atoms with E-state index in [1.54, 1.807) is 13.8 Å². The van der Waals surface area contributed by atoms with Gasteiger partial charge in [0, 0.05) is 12.4 Å². The molecule has 0 aliphatic rings. The lowest BCUT2D eigenvalue weighted by Gasteiger charge is -2.22. The predicted molar refractivity (Wildman–Crippen MR) is 66.3 cm³/mol.